The predicted octanol–water partition coefficient (Wildman–Crippen LogP) is 2.16. The molecule has 1 aromatic carbocycles. The zero-order chi connectivity index (χ0) is 19.9. The summed E-state index contributed by atoms with van der Waals surface area (Å²) in [6.07, 6.45) is 3.65. The molecule has 1 aromatic rings. The normalized spacial score (nSPS) is 15.9. The van der Waals surface area contributed by atoms with Crippen LogP contribution in [0, 0.1) is 5.92 Å². The summed E-state index contributed by atoms with van der Waals surface area (Å²) in [4.78, 5) is 14.5. The lowest BCUT2D eigenvalue weighted by Crippen LogP contribution is -2.35. The van der Waals surface area contributed by atoms with Gasteiger partial charge >= 0.3 is 0 Å². The highest BCUT2D eigenvalue weighted by Gasteiger charge is 2.18. The number of hydrogen-bond donors (Lipinski definition) is 1. The van der Waals surface area contributed by atoms with Gasteiger partial charge in [0.15, 0.2) is 0 Å². The van der Waals surface area contributed by atoms with Gasteiger partial charge in [0.25, 0.3) is 0 Å². The molecular weight excluding hydrogens is 366 g/mol. The number of piperidine rings is 1. The minimum Gasteiger partial charge on any atom is -0.383 e. The van der Waals surface area contributed by atoms with E-state index in [1.807, 2.05) is 24.3 Å². The molecule has 1 saturated heterocycles. The van der Waals surface area contributed by atoms with Crippen LogP contribution in [0.15, 0.2) is 24.3 Å². The standard InChI is InChI=1S/C19H31N3O4S/c1-16-8-11-21(12-9-16)18-6-4-17(5-7-18)20-19(23)10-13-22(14-15-26-2)27(3,24)25/h4-7,16H,8-15H2,1-3H3,(H,20,23). The van der Waals surface area contributed by atoms with Gasteiger partial charge in [-0.3, -0.25) is 4.79 Å². The Balaban J connectivity index is 1.84. The first-order valence-electron chi connectivity index (χ1n) is 9.38. The van der Waals surface area contributed by atoms with Crippen LogP contribution in [0.4, 0.5) is 11.4 Å². The van der Waals surface area contributed by atoms with Crippen molar-refractivity contribution in [3.8, 4) is 0 Å². The fraction of sp³-hybridized carbons (Fsp3) is 0.632. The van der Waals surface area contributed by atoms with Crippen LogP contribution in [0.1, 0.15) is 26.2 Å². The lowest BCUT2D eigenvalue weighted by atomic mass is 9.99. The molecule has 1 N–H and O–H groups in total. The Kier molecular flexibility index (Phi) is 8.07. The van der Waals surface area contributed by atoms with Crippen molar-refractivity contribution >= 4 is 27.3 Å². The maximum absolute atomic E-state index is 12.2. The van der Waals surface area contributed by atoms with Crippen molar-refractivity contribution in [3.63, 3.8) is 0 Å². The van der Waals surface area contributed by atoms with Gasteiger partial charge < -0.3 is 15.0 Å². The van der Waals surface area contributed by atoms with Crippen LogP contribution in [0.5, 0.6) is 0 Å². The van der Waals surface area contributed by atoms with Crippen LogP contribution in [-0.4, -0.2) is 64.8 Å². The van der Waals surface area contributed by atoms with Gasteiger partial charge in [0.05, 0.1) is 12.9 Å². The molecule has 0 radical (unpaired) electrons. The minimum atomic E-state index is -3.36. The number of rotatable bonds is 9. The fourth-order valence-corrected chi connectivity index (χ4v) is 3.94. The van der Waals surface area contributed by atoms with Crippen molar-refractivity contribution in [1.82, 2.24) is 4.31 Å². The minimum absolute atomic E-state index is 0.0998. The van der Waals surface area contributed by atoms with E-state index in [0.717, 1.165) is 31.0 Å². The van der Waals surface area contributed by atoms with E-state index in [2.05, 4.69) is 17.1 Å². The van der Waals surface area contributed by atoms with Crippen molar-refractivity contribution in [3.05, 3.63) is 24.3 Å². The third kappa shape index (κ3) is 7.12. The van der Waals surface area contributed by atoms with E-state index in [4.69, 9.17) is 4.74 Å². The van der Waals surface area contributed by atoms with Gasteiger partial charge in [0, 0.05) is 51.1 Å². The Morgan fingerprint density at radius 1 is 1.22 bits per heavy atom. The molecule has 7 nitrogen and oxygen atoms in total. The lowest BCUT2D eigenvalue weighted by molar-refractivity contribution is -0.116. The number of carbonyl (C=O) groups is 1. The molecule has 1 aliphatic heterocycles. The average Bonchev–Trinajstić information content (AvgIpc) is 2.62. The smallest absolute Gasteiger partial charge is 0.225 e. The monoisotopic (exact) mass is 397 g/mol. The molecule has 1 aliphatic rings. The molecule has 0 saturated carbocycles. The Labute approximate surface area is 162 Å². The topological polar surface area (TPSA) is 79.0 Å². The summed E-state index contributed by atoms with van der Waals surface area (Å²) in [6.45, 7) is 5.09. The summed E-state index contributed by atoms with van der Waals surface area (Å²) in [6, 6.07) is 7.83. The summed E-state index contributed by atoms with van der Waals surface area (Å²) in [5, 5.41) is 2.83. The number of benzene rings is 1. The van der Waals surface area contributed by atoms with Crippen LogP contribution in [-0.2, 0) is 19.6 Å². The molecule has 152 valence electrons. The Hall–Kier alpha value is -1.64. The maximum atomic E-state index is 12.2. The van der Waals surface area contributed by atoms with Gasteiger partial charge in [-0.05, 0) is 43.0 Å². The molecule has 27 heavy (non-hydrogen) atoms. The second kappa shape index (κ2) is 10.1. The first kappa shape index (κ1) is 21.7. The van der Waals surface area contributed by atoms with E-state index in [9.17, 15) is 13.2 Å². The molecule has 0 aromatic heterocycles. The molecule has 1 amide bonds. The van der Waals surface area contributed by atoms with Crippen LogP contribution in [0.3, 0.4) is 0 Å². The first-order chi connectivity index (χ1) is 12.8. The Morgan fingerprint density at radius 3 is 2.41 bits per heavy atom. The SMILES string of the molecule is COCCN(CCC(=O)Nc1ccc(N2CCC(C)CC2)cc1)S(C)(=O)=O. The van der Waals surface area contributed by atoms with E-state index < -0.39 is 10.0 Å². The van der Waals surface area contributed by atoms with Crippen molar-refractivity contribution in [1.29, 1.82) is 0 Å². The van der Waals surface area contributed by atoms with Crippen molar-refractivity contribution in [2.45, 2.75) is 26.2 Å². The second-order valence-electron chi connectivity index (χ2n) is 7.17. The van der Waals surface area contributed by atoms with E-state index in [1.165, 1.54) is 29.9 Å². The summed E-state index contributed by atoms with van der Waals surface area (Å²) in [5.41, 5.74) is 1.89. The van der Waals surface area contributed by atoms with Gasteiger partial charge in [-0.2, -0.15) is 4.31 Å². The number of sulfonamides is 1. The number of hydrogen-bond acceptors (Lipinski definition) is 5. The molecule has 2 rings (SSSR count). The number of methoxy groups -OCH3 is 1. The van der Waals surface area contributed by atoms with Crippen molar-refractivity contribution in [2.75, 3.05) is 56.4 Å². The first-order valence-corrected chi connectivity index (χ1v) is 11.2. The molecule has 8 heteroatoms. The number of anilines is 2. The summed E-state index contributed by atoms with van der Waals surface area (Å²) in [5.74, 6) is 0.579. The predicted molar refractivity (Wildman–Crippen MR) is 109 cm³/mol. The van der Waals surface area contributed by atoms with E-state index in [1.54, 1.807) is 0 Å². The van der Waals surface area contributed by atoms with Gasteiger partial charge in [0.1, 0.15) is 0 Å². The van der Waals surface area contributed by atoms with Gasteiger partial charge in [-0.25, -0.2) is 8.42 Å². The van der Waals surface area contributed by atoms with Crippen molar-refractivity contribution in [2.24, 2.45) is 5.92 Å². The number of ether oxygens (including phenoxy) is 1. The molecule has 0 aliphatic carbocycles. The third-order valence-corrected chi connectivity index (χ3v) is 6.21. The summed E-state index contributed by atoms with van der Waals surface area (Å²) >= 11 is 0. The molecule has 1 heterocycles. The summed E-state index contributed by atoms with van der Waals surface area (Å²) in [7, 11) is -1.84. The van der Waals surface area contributed by atoms with Crippen molar-refractivity contribution < 1.29 is 17.9 Å². The van der Waals surface area contributed by atoms with Gasteiger partial charge in [0.2, 0.25) is 15.9 Å². The molecule has 0 unspecified atom stereocenters. The number of nitrogens with zero attached hydrogens (tertiary/aromatic N) is 2. The Morgan fingerprint density at radius 2 is 1.85 bits per heavy atom. The lowest BCUT2D eigenvalue weighted by Gasteiger charge is -2.32. The second-order valence-corrected chi connectivity index (χ2v) is 9.15. The number of nitrogens with one attached hydrogen (secondary N) is 1. The van der Waals surface area contributed by atoms with E-state index in [-0.39, 0.29) is 25.4 Å². The van der Waals surface area contributed by atoms with Crippen LogP contribution >= 0.6 is 0 Å². The van der Waals surface area contributed by atoms with Gasteiger partial charge in [-0.15, -0.1) is 0 Å². The van der Waals surface area contributed by atoms with Gasteiger partial charge in [-0.1, -0.05) is 6.92 Å². The quantitative estimate of drug-likeness (QED) is 0.691. The average molecular weight is 398 g/mol. The van der Waals surface area contributed by atoms with Crippen LogP contribution in [0.25, 0.3) is 0 Å². The molecule has 0 spiro atoms. The maximum Gasteiger partial charge on any atom is 0.225 e. The molecule has 0 bridgehead atoms. The molecular formula is C19H31N3O4S. The largest absolute Gasteiger partial charge is 0.383 e. The number of amides is 1. The van der Waals surface area contributed by atoms with Crippen LogP contribution in [0.2, 0.25) is 0 Å². The van der Waals surface area contributed by atoms with E-state index >= 15 is 0 Å². The highest BCUT2D eigenvalue weighted by Crippen LogP contribution is 2.24. The fourth-order valence-electron chi connectivity index (χ4n) is 3.11. The molecule has 1 fully saturated rings. The third-order valence-electron chi connectivity index (χ3n) is 4.90. The highest BCUT2D eigenvalue weighted by molar-refractivity contribution is 7.88. The van der Waals surface area contributed by atoms with E-state index in [0.29, 0.717) is 6.61 Å². The molecule has 0 atom stereocenters. The van der Waals surface area contributed by atoms with Crippen LogP contribution < -0.4 is 10.2 Å². The summed E-state index contributed by atoms with van der Waals surface area (Å²) < 4.78 is 29.7. The Bertz CT molecular complexity index is 698. The highest BCUT2D eigenvalue weighted by atomic mass is 32.2. The number of carbonyl (C=O) groups excluding carboxylic acids is 1. The zero-order valence-electron chi connectivity index (χ0n) is 16.5. The zero-order valence-corrected chi connectivity index (χ0v) is 17.3.